The minimum Gasteiger partial charge on any atom is -0.347 e. The first kappa shape index (κ1) is 18.5. The van der Waals surface area contributed by atoms with Gasteiger partial charge in [0.05, 0.1) is 6.04 Å². The van der Waals surface area contributed by atoms with E-state index in [4.69, 9.17) is 5.73 Å². The van der Waals surface area contributed by atoms with Gasteiger partial charge in [-0.1, -0.05) is 6.07 Å². The van der Waals surface area contributed by atoms with Gasteiger partial charge >= 0.3 is 0 Å². The largest absolute Gasteiger partial charge is 0.347 e. The molecule has 1 aromatic carbocycles. The number of thioether (sulfide) groups is 1. The Labute approximate surface area is 136 Å². The number of amides is 2. The van der Waals surface area contributed by atoms with E-state index in [1.807, 2.05) is 27.0 Å². The summed E-state index contributed by atoms with van der Waals surface area (Å²) in [6, 6.07) is 6.30. The summed E-state index contributed by atoms with van der Waals surface area (Å²) in [6.45, 7) is 5.75. The number of hydrogen-bond donors (Lipinski definition) is 3. The number of anilines is 1. The van der Waals surface area contributed by atoms with Gasteiger partial charge in [0.1, 0.15) is 0 Å². The van der Waals surface area contributed by atoms with Crippen molar-refractivity contribution in [1.29, 1.82) is 0 Å². The summed E-state index contributed by atoms with van der Waals surface area (Å²) in [5.74, 6) is 0.431. The van der Waals surface area contributed by atoms with Crippen LogP contribution in [0.2, 0.25) is 0 Å². The average Bonchev–Trinajstić information content (AvgIpc) is 2.43. The maximum absolute atomic E-state index is 12.1. The zero-order valence-electron chi connectivity index (χ0n) is 13.6. The summed E-state index contributed by atoms with van der Waals surface area (Å²) in [5.41, 5.74) is 6.60. The van der Waals surface area contributed by atoms with Crippen LogP contribution in [-0.4, -0.2) is 35.4 Å². The molecule has 1 aromatic rings. The normalized spacial score (nSPS) is 12.6. The molecule has 1 rings (SSSR count). The SMILES string of the molecule is CSCC[C@H](N)C(=O)Nc1cccc(C(=O)NC(C)(C)C)c1. The van der Waals surface area contributed by atoms with Crippen LogP contribution in [0.1, 0.15) is 37.6 Å². The van der Waals surface area contributed by atoms with Crippen molar-refractivity contribution < 1.29 is 9.59 Å². The van der Waals surface area contributed by atoms with E-state index in [1.54, 1.807) is 36.0 Å². The highest BCUT2D eigenvalue weighted by Gasteiger charge is 2.17. The molecule has 6 heteroatoms. The smallest absolute Gasteiger partial charge is 0.251 e. The van der Waals surface area contributed by atoms with Gasteiger partial charge in [0.2, 0.25) is 5.91 Å². The first-order valence-electron chi connectivity index (χ1n) is 7.21. The average molecular weight is 323 g/mol. The summed E-state index contributed by atoms with van der Waals surface area (Å²) in [6.07, 6.45) is 2.60. The topological polar surface area (TPSA) is 84.2 Å². The third kappa shape index (κ3) is 6.49. The summed E-state index contributed by atoms with van der Waals surface area (Å²) in [7, 11) is 0. The number of carbonyl (C=O) groups excluding carboxylic acids is 2. The molecule has 0 radical (unpaired) electrons. The van der Waals surface area contributed by atoms with Crippen molar-refractivity contribution in [3.05, 3.63) is 29.8 Å². The fraction of sp³-hybridized carbons (Fsp3) is 0.500. The highest BCUT2D eigenvalue weighted by atomic mass is 32.2. The van der Waals surface area contributed by atoms with Crippen LogP contribution in [-0.2, 0) is 4.79 Å². The quantitative estimate of drug-likeness (QED) is 0.749. The van der Waals surface area contributed by atoms with E-state index in [0.717, 1.165) is 5.75 Å². The van der Waals surface area contributed by atoms with E-state index in [1.165, 1.54) is 0 Å². The van der Waals surface area contributed by atoms with Crippen molar-refractivity contribution in [3.63, 3.8) is 0 Å². The highest BCUT2D eigenvalue weighted by molar-refractivity contribution is 7.98. The number of rotatable bonds is 6. The van der Waals surface area contributed by atoms with E-state index in [9.17, 15) is 9.59 Å². The van der Waals surface area contributed by atoms with Gasteiger partial charge in [-0.15, -0.1) is 0 Å². The first-order chi connectivity index (χ1) is 10.2. The molecule has 0 aliphatic carbocycles. The Hall–Kier alpha value is -1.53. The van der Waals surface area contributed by atoms with Crippen LogP contribution < -0.4 is 16.4 Å². The molecule has 0 saturated heterocycles. The van der Waals surface area contributed by atoms with Gasteiger partial charge in [-0.2, -0.15) is 11.8 Å². The lowest BCUT2D eigenvalue weighted by atomic mass is 10.1. The highest BCUT2D eigenvalue weighted by Crippen LogP contribution is 2.13. The zero-order chi connectivity index (χ0) is 16.8. The molecule has 0 aliphatic rings. The van der Waals surface area contributed by atoms with Gasteiger partial charge in [0, 0.05) is 16.8 Å². The molecule has 2 amide bonds. The molecule has 0 fully saturated rings. The Bertz CT molecular complexity index is 526. The Morgan fingerprint density at radius 3 is 2.59 bits per heavy atom. The van der Waals surface area contributed by atoms with Crippen molar-refractivity contribution >= 4 is 29.3 Å². The Kier molecular flexibility index (Phi) is 6.90. The zero-order valence-corrected chi connectivity index (χ0v) is 14.4. The fourth-order valence-corrected chi connectivity index (χ4v) is 2.25. The number of benzene rings is 1. The van der Waals surface area contributed by atoms with E-state index in [2.05, 4.69) is 10.6 Å². The Balaban J connectivity index is 2.72. The van der Waals surface area contributed by atoms with E-state index in [-0.39, 0.29) is 17.4 Å². The molecule has 5 nitrogen and oxygen atoms in total. The van der Waals surface area contributed by atoms with Crippen LogP contribution in [0.4, 0.5) is 5.69 Å². The lowest BCUT2D eigenvalue weighted by Crippen LogP contribution is -2.40. The van der Waals surface area contributed by atoms with E-state index >= 15 is 0 Å². The summed E-state index contributed by atoms with van der Waals surface area (Å²) in [4.78, 5) is 24.1. The number of nitrogens with two attached hydrogens (primary N) is 1. The molecular weight excluding hydrogens is 298 g/mol. The van der Waals surface area contributed by atoms with Crippen LogP contribution in [0.15, 0.2) is 24.3 Å². The summed E-state index contributed by atoms with van der Waals surface area (Å²) in [5, 5.41) is 5.64. The van der Waals surface area contributed by atoms with Crippen LogP contribution in [0.25, 0.3) is 0 Å². The second-order valence-electron chi connectivity index (χ2n) is 6.16. The standard InChI is InChI=1S/C16H25N3O2S/c1-16(2,3)19-14(20)11-6-5-7-12(10-11)18-15(21)13(17)8-9-22-4/h5-7,10,13H,8-9,17H2,1-4H3,(H,18,21)(H,19,20)/t13-/m0/s1. The van der Waals surface area contributed by atoms with Crippen molar-refractivity contribution in [2.75, 3.05) is 17.3 Å². The second-order valence-corrected chi connectivity index (χ2v) is 7.15. The van der Waals surface area contributed by atoms with E-state index < -0.39 is 6.04 Å². The molecule has 0 bridgehead atoms. The molecule has 0 spiro atoms. The maximum Gasteiger partial charge on any atom is 0.251 e. The van der Waals surface area contributed by atoms with Crippen LogP contribution >= 0.6 is 11.8 Å². The van der Waals surface area contributed by atoms with Crippen LogP contribution in [0.3, 0.4) is 0 Å². The monoisotopic (exact) mass is 323 g/mol. The molecule has 22 heavy (non-hydrogen) atoms. The molecule has 1 atom stereocenters. The van der Waals surface area contributed by atoms with Gasteiger partial charge in [-0.3, -0.25) is 9.59 Å². The Morgan fingerprint density at radius 1 is 1.32 bits per heavy atom. The van der Waals surface area contributed by atoms with Gasteiger partial charge in [0.25, 0.3) is 5.91 Å². The molecule has 0 aromatic heterocycles. The van der Waals surface area contributed by atoms with Crippen molar-refractivity contribution in [3.8, 4) is 0 Å². The first-order valence-corrected chi connectivity index (χ1v) is 8.60. The lowest BCUT2D eigenvalue weighted by molar-refractivity contribution is -0.117. The van der Waals surface area contributed by atoms with Crippen LogP contribution in [0.5, 0.6) is 0 Å². The van der Waals surface area contributed by atoms with Gasteiger partial charge in [-0.25, -0.2) is 0 Å². The predicted octanol–water partition coefficient (Wildman–Crippen LogP) is 2.23. The number of carbonyl (C=O) groups is 2. The minimum absolute atomic E-state index is 0.171. The summed E-state index contributed by atoms with van der Waals surface area (Å²) >= 11 is 1.65. The molecule has 0 heterocycles. The maximum atomic E-state index is 12.1. The molecule has 122 valence electrons. The lowest BCUT2D eigenvalue weighted by Gasteiger charge is -2.20. The summed E-state index contributed by atoms with van der Waals surface area (Å²) < 4.78 is 0. The number of nitrogens with one attached hydrogen (secondary N) is 2. The third-order valence-corrected chi connectivity index (χ3v) is 3.49. The third-order valence-electron chi connectivity index (χ3n) is 2.85. The predicted molar refractivity (Wildman–Crippen MR) is 93.3 cm³/mol. The van der Waals surface area contributed by atoms with Crippen molar-refractivity contribution in [2.45, 2.75) is 38.8 Å². The molecule has 0 saturated carbocycles. The van der Waals surface area contributed by atoms with Crippen molar-refractivity contribution in [1.82, 2.24) is 5.32 Å². The van der Waals surface area contributed by atoms with Gasteiger partial charge < -0.3 is 16.4 Å². The molecule has 0 aliphatic heterocycles. The molecule has 0 unspecified atom stereocenters. The van der Waals surface area contributed by atoms with Gasteiger partial charge in [0.15, 0.2) is 0 Å². The number of hydrogen-bond acceptors (Lipinski definition) is 4. The fourth-order valence-electron chi connectivity index (χ4n) is 1.76. The minimum atomic E-state index is -0.542. The van der Waals surface area contributed by atoms with E-state index in [0.29, 0.717) is 17.7 Å². The Morgan fingerprint density at radius 2 is 2.00 bits per heavy atom. The molecular formula is C16H25N3O2S. The second kappa shape index (κ2) is 8.19. The van der Waals surface area contributed by atoms with Crippen molar-refractivity contribution in [2.24, 2.45) is 5.73 Å². The van der Waals surface area contributed by atoms with Gasteiger partial charge in [-0.05, 0) is 57.4 Å². The molecule has 4 N–H and O–H groups in total. The van der Waals surface area contributed by atoms with Crippen LogP contribution in [0, 0.1) is 0 Å².